The fourth-order valence-electron chi connectivity index (χ4n) is 1.08. The molecule has 0 spiro atoms. The molecule has 0 atom stereocenters. The molecule has 0 bridgehead atoms. The van der Waals surface area contributed by atoms with Crippen molar-refractivity contribution in [3.05, 3.63) is 44.3 Å². The van der Waals surface area contributed by atoms with E-state index in [4.69, 9.17) is 11.6 Å². The van der Waals surface area contributed by atoms with E-state index in [-0.39, 0.29) is 0 Å². The van der Waals surface area contributed by atoms with E-state index >= 15 is 0 Å². The first kappa shape index (κ1) is 9.49. The van der Waals surface area contributed by atoms with Gasteiger partial charge >= 0.3 is 0 Å². The molecule has 0 saturated carbocycles. The number of hydrogen-bond donors (Lipinski definition) is 0. The van der Waals surface area contributed by atoms with E-state index in [9.17, 15) is 0 Å². The number of halogens is 2. The standard InChI is InChI=1S/C10H6ClIS/c11-10-6-5-9(13-10)7-1-3-8(12)4-2-7/h1-6H. The maximum atomic E-state index is 5.86. The summed E-state index contributed by atoms with van der Waals surface area (Å²) in [6.07, 6.45) is 0. The Hall–Kier alpha value is -0.0600. The van der Waals surface area contributed by atoms with Crippen LogP contribution in [0, 0.1) is 3.57 Å². The van der Waals surface area contributed by atoms with Crippen molar-refractivity contribution in [3.63, 3.8) is 0 Å². The van der Waals surface area contributed by atoms with Crippen molar-refractivity contribution in [1.82, 2.24) is 0 Å². The Labute approximate surface area is 99.7 Å². The fraction of sp³-hybridized carbons (Fsp3) is 0. The van der Waals surface area contributed by atoms with Gasteiger partial charge in [0.25, 0.3) is 0 Å². The molecule has 0 aliphatic rings. The molecule has 0 amide bonds. The highest BCUT2D eigenvalue weighted by Crippen LogP contribution is 2.30. The Bertz CT molecular complexity index is 405. The summed E-state index contributed by atoms with van der Waals surface area (Å²) in [7, 11) is 0. The summed E-state index contributed by atoms with van der Waals surface area (Å²) in [5.41, 5.74) is 1.23. The van der Waals surface area contributed by atoms with Crippen molar-refractivity contribution >= 4 is 45.5 Å². The first-order chi connectivity index (χ1) is 6.25. The van der Waals surface area contributed by atoms with Gasteiger partial charge in [0.1, 0.15) is 0 Å². The van der Waals surface area contributed by atoms with Crippen LogP contribution in [-0.2, 0) is 0 Å². The number of hydrogen-bond acceptors (Lipinski definition) is 1. The van der Waals surface area contributed by atoms with E-state index in [0.717, 1.165) is 4.34 Å². The van der Waals surface area contributed by atoms with Crippen LogP contribution in [-0.4, -0.2) is 0 Å². The zero-order valence-corrected chi connectivity index (χ0v) is 10.4. The van der Waals surface area contributed by atoms with Gasteiger partial charge in [0.05, 0.1) is 4.34 Å². The summed E-state index contributed by atoms with van der Waals surface area (Å²) in [6, 6.07) is 12.4. The highest BCUT2D eigenvalue weighted by atomic mass is 127. The Morgan fingerprint density at radius 2 is 1.69 bits per heavy atom. The maximum Gasteiger partial charge on any atom is 0.0934 e. The SMILES string of the molecule is Clc1ccc(-c2ccc(I)cc2)s1. The molecule has 66 valence electrons. The van der Waals surface area contributed by atoms with Crippen molar-refractivity contribution in [2.75, 3.05) is 0 Å². The lowest BCUT2D eigenvalue weighted by Crippen LogP contribution is -1.72. The highest BCUT2D eigenvalue weighted by Gasteiger charge is 2.00. The summed E-state index contributed by atoms with van der Waals surface area (Å²) < 4.78 is 2.09. The second-order valence-electron chi connectivity index (χ2n) is 2.61. The fourth-order valence-corrected chi connectivity index (χ4v) is 2.49. The van der Waals surface area contributed by atoms with Crippen LogP contribution >= 0.6 is 45.5 Å². The molecule has 2 rings (SSSR count). The number of rotatable bonds is 1. The van der Waals surface area contributed by atoms with Crippen molar-refractivity contribution in [2.24, 2.45) is 0 Å². The summed E-state index contributed by atoms with van der Waals surface area (Å²) in [5, 5.41) is 0. The van der Waals surface area contributed by atoms with Crippen molar-refractivity contribution in [1.29, 1.82) is 0 Å². The van der Waals surface area contributed by atoms with Crippen LogP contribution in [0.3, 0.4) is 0 Å². The van der Waals surface area contributed by atoms with E-state index in [2.05, 4.69) is 52.9 Å². The van der Waals surface area contributed by atoms with Gasteiger partial charge in [-0.3, -0.25) is 0 Å². The third kappa shape index (κ3) is 2.24. The zero-order chi connectivity index (χ0) is 9.26. The lowest BCUT2D eigenvalue weighted by molar-refractivity contribution is 1.64. The van der Waals surface area contributed by atoms with Gasteiger partial charge in [-0.2, -0.15) is 0 Å². The van der Waals surface area contributed by atoms with Crippen LogP contribution in [0.1, 0.15) is 0 Å². The summed E-state index contributed by atoms with van der Waals surface area (Å²) in [6.45, 7) is 0. The minimum absolute atomic E-state index is 0.841. The first-order valence-corrected chi connectivity index (χ1v) is 6.04. The van der Waals surface area contributed by atoms with Gasteiger partial charge in [0, 0.05) is 8.45 Å². The molecule has 0 fully saturated rings. The second kappa shape index (κ2) is 3.98. The van der Waals surface area contributed by atoms with Crippen molar-refractivity contribution < 1.29 is 0 Å². The van der Waals surface area contributed by atoms with Crippen LogP contribution in [0.25, 0.3) is 10.4 Å². The minimum Gasteiger partial charge on any atom is -0.123 e. The highest BCUT2D eigenvalue weighted by molar-refractivity contribution is 14.1. The van der Waals surface area contributed by atoms with Crippen molar-refractivity contribution in [3.8, 4) is 10.4 Å². The Morgan fingerprint density at radius 1 is 1.00 bits per heavy atom. The number of benzene rings is 1. The van der Waals surface area contributed by atoms with Gasteiger partial charge in [-0.05, 0) is 52.4 Å². The second-order valence-corrected chi connectivity index (χ2v) is 5.57. The molecule has 0 radical (unpaired) electrons. The lowest BCUT2D eigenvalue weighted by Gasteiger charge is -1.96. The smallest absolute Gasteiger partial charge is 0.0934 e. The van der Waals surface area contributed by atoms with Gasteiger partial charge < -0.3 is 0 Å². The molecule has 3 heteroatoms. The van der Waals surface area contributed by atoms with Crippen LogP contribution in [0.4, 0.5) is 0 Å². The monoisotopic (exact) mass is 320 g/mol. The van der Waals surface area contributed by atoms with Gasteiger partial charge in [0.15, 0.2) is 0 Å². The Balaban J connectivity index is 2.41. The predicted molar refractivity (Wildman–Crippen MR) is 67.5 cm³/mol. The van der Waals surface area contributed by atoms with E-state index in [1.807, 2.05) is 6.07 Å². The molecule has 1 aromatic heterocycles. The molecule has 1 aromatic carbocycles. The largest absolute Gasteiger partial charge is 0.123 e. The normalized spacial score (nSPS) is 10.3. The molecular weight excluding hydrogens is 315 g/mol. The molecule has 0 nitrogen and oxygen atoms in total. The summed E-state index contributed by atoms with van der Waals surface area (Å²) in [5.74, 6) is 0. The molecule has 0 aliphatic carbocycles. The van der Waals surface area contributed by atoms with Crippen molar-refractivity contribution in [2.45, 2.75) is 0 Å². The third-order valence-corrected chi connectivity index (χ3v) is 3.70. The van der Waals surface area contributed by atoms with Crippen LogP contribution < -0.4 is 0 Å². The maximum absolute atomic E-state index is 5.86. The summed E-state index contributed by atoms with van der Waals surface area (Å²) >= 11 is 9.77. The molecule has 0 aliphatic heterocycles. The molecule has 0 saturated heterocycles. The van der Waals surface area contributed by atoms with E-state index in [1.54, 1.807) is 11.3 Å². The zero-order valence-electron chi connectivity index (χ0n) is 6.63. The third-order valence-electron chi connectivity index (χ3n) is 1.70. The Morgan fingerprint density at radius 3 is 2.23 bits per heavy atom. The van der Waals surface area contributed by atoms with Crippen LogP contribution in [0.2, 0.25) is 4.34 Å². The lowest BCUT2D eigenvalue weighted by atomic mass is 10.2. The van der Waals surface area contributed by atoms with Gasteiger partial charge in [-0.25, -0.2) is 0 Å². The minimum atomic E-state index is 0.841. The summed E-state index contributed by atoms with van der Waals surface area (Å²) in [4.78, 5) is 1.22. The average Bonchev–Trinajstić information content (AvgIpc) is 2.53. The molecule has 2 aromatic rings. The van der Waals surface area contributed by atoms with E-state index < -0.39 is 0 Å². The molecular formula is C10H6ClIS. The van der Waals surface area contributed by atoms with Gasteiger partial charge in [-0.1, -0.05) is 23.7 Å². The number of thiophene rings is 1. The quantitative estimate of drug-likeness (QED) is 0.670. The first-order valence-electron chi connectivity index (χ1n) is 3.77. The average molecular weight is 321 g/mol. The van der Waals surface area contributed by atoms with Gasteiger partial charge in [-0.15, -0.1) is 11.3 Å². The van der Waals surface area contributed by atoms with Crippen LogP contribution in [0.15, 0.2) is 36.4 Å². The molecule has 0 unspecified atom stereocenters. The van der Waals surface area contributed by atoms with Crippen LogP contribution in [0.5, 0.6) is 0 Å². The molecule has 0 N–H and O–H groups in total. The van der Waals surface area contributed by atoms with Gasteiger partial charge in [0.2, 0.25) is 0 Å². The topological polar surface area (TPSA) is 0 Å². The molecule has 13 heavy (non-hydrogen) atoms. The van der Waals surface area contributed by atoms with E-state index in [0.29, 0.717) is 0 Å². The predicted octanol–water partition coefficient (Wildman–Crippen LogP) is 4.67. The Kier molecular flexibility index (Phi) is 2.91. The van der Waals surface area contributed by atoms with E-state index in [1.165, 1.54) is 14.0 Å². The molecule has 1 heterocycles.